The van der Waals surface area contributed by atoms with Crippen LogP contribution in [0.3, 0.4) is 0 Å². The number of anilines is 3. The van der Waals surface area contributed by atoms with Gasteiger partial charge in [0.05, 0.1) is 5.69 Å². The fourth-order valence-electron chi connectivity index (χ4n) is 3.18. The van der Waals surface area contributed by atoms with Crippen LogP contribution in [-0.4, -0.2) is 64.8 Å². The molecule has 0 atom stereocenters. The van der Waals surface area contributed by atoms with Gasteiger partial charge in [-0.2, -0.15) is 5.10 Å². The highest BCUT2D eigenvalue weighted by molar-refractivity contribution is 5.69. The number of aryl methyl sites for hydroxylation is 1. The van der Waals surface area contributed by atoms with Gasteiger partial charge in [-0.05, 0) is 13.0 Å². The zero-order valence-corrected chi connectivity index (χ0v) is 14.8. The maximum Gasteiger partial charge on any atom is 0.154 e. The van der Waals surface area contributed by atoms with Gasteiger partial charge in [0.15, 0.2) is 5.82 Å². The molecule has 1 aliphatic rings. The summed E-state index contributed by atoms with van der Waals surface area (Å²) in [5, 5.41) is 4.48. The molecule has 4 heterocycles. The van der Waals surface area contributed by atoms with Crippen LogP contribution in [0.4, 0.5) is 17.5 Å². The Kier molecular flexibility index (Phi) is 3.87. The molecule has 4 rings (SSSR count). The summed E-state index contributed by atoms with van der Waals surface area (Å²) >= 11 is 0. The minimum atomic E-state index is 0.901. The second kappa shape index (κ2) is 6.19. The summed E-state index contributed by atoms with van der Waals surface area (Å²) in [5.41, 5.74) is 2.07. The van der Waals surface area contributed by atoms with Gasteiger partial charge in [0, 0.05) is 58.7 Å². The molecule has 0 bridgehead atoms. The lowest BCUT2D eigenvalue weighted by Gasteiger charge is -2.36. The molecule has 25 heavy (non-hydrogen) atoms. The van der Waals surface area contributed by atoms with Gasteiger partial charge in [-0.1, -0.05) is 0 Å². The molecule has 0 aliphatic carbocycles. The number of fused-ring (bicyclic) bond motifs is 1. The standard InChI is InChI=1S/C17H22N8/c1-13-10-14-17(18-4-5-25(14)21-13)24-8-6-23(7-9-24)16-11-15(22(2)3)19-12-20-16/h4-5,10-12H,6-9H2,1-3H3. The molecule has 0 N–H and O–H groups in total. The molecule has 0 unspecified atom stereocenters. The van der Waals surface area contributed by atoms with E-state index in [1.807, 2.05) is 48.9 Å². The summed E-state index contributed by atoms with van der Waals surface area (Å²) in [6.07, 6.45) is 5.34. The van der Waals surface area contributed by atoms with Crippen LogP contribution in [-0.2, 0) is 0 Å². The van der Waals surface area contributed by atoms with E-state index in [-0.39, 0.29) is 0 Å². The van der Waals surface area contributed by atoms with Crippen molar-refractivity contribution in [2.75, 3.05) is 55.0 Å². The Morgan fingerprint density at radius 1 is 0.960 bits per heavy atom. The molecular formula is C17H22N8. The van der Waals surface area contributed by atoms with E-state index >= 15 is 0 Å². The lowest BCUT2D eigenvalue weighted by atomic mass is 10.3. The van der Waals surface area contributed by atoms with Crippen molar-refractivity contribution in [2.24, 2.45) is 0 Å². The third-order valence-electron chi connectivity index (χ3n) is 4.49. The number of rotatable bonds is 3. The number of hydrogen-bond donors (Lipinski definition) is 0. The lowest BCUT2D eigenvalue weighted by Crippen LogP contribution is -2.47. The van der Waals surface area contributed by atoms with Gasteiger partial charge in [0.1, 0.15) is 23.5 Å². The first-order chi connectivity index (χ1) is 12.1. The van der Waals surface area contributed by atoms with Crippen LogP contribution in [0.1, 0.15) is 5.69 Å². The quantitative estimate of drug-likeness (QED) is 0.711. The van der Waals surface area contributed by atoms with Gasteiger partial charge in [0.25, 0.3) is 0 Å². The normalized spacial score (nSPS) is 15.0. The van der Waals surface area contributed by atoms with Gasteiger partial charge >= 0.3 is 0 Å². The van der Waals surface area contributed by atoms with Crippen molar-refractivity contribution in [3.8, 4) is 0 Å². The van der Waals surface area contributed by atoms with E-state index in [1.165, 1.54) is 0 Å². The van der Waals surface area contributed by atoms with E-state index in [0.717, 1.165) is 54.8 Å². The van der Waals surface area contributed by atoms with E-state index in [2.05, 4.69) is 35.9 Å². The van der Waals surface area contributed by atoms with Crippen molar-refractivity contribution in [1.29, 1.82) is 0 Å². The summed E-state index contributed by atoms with van der Waals surface area (Å²) in [6.45, 7) is 5.61. The molecule has 0 radical (unpaired) electrons. The Labute approximate surface area is 146 Å². The Bertz CT molecular complexity index is 879. The van der Waals surface area contributed by atoms with Crippen LogP contribution in [0.2, 0.25) is 0 Å². The van der Waals surface area contributed by atoms with Crippen LogP contribution >= 0.6 is 0 Å². The van der Waals surface area contributed by atoms with Crippen molar-refractivity contribution in [3.63, 3.8) is 0 Å². The van der Waals surface area contributed by atoms with Crippen LogP contribution < -0.4 is 14.7 Å². The van der Waals surface area contributed by atoms with Crippen LogP contribution in [0.5, 0.6) is 0 Å². The minimum Gasteiger partial charge on any atom is -0.363 e. The SMILES string of the molecule is Cc1cc2c(N3CCN(c4cc(N(C)C)ncn4)CC3)nccn2n1. The summed E-state index contributed by atoms with van der Waals surface area (Å²) in [5.74, 6) is 2.90. The Morgan fingerprint density at radius 2 is 1.72 bits per heavy atom. The van der Waals surface area contributed by atoms with Crippen LogP contribution in [0.15, 0.2) is 30.9 Å². The maximum absolute atomic E-state index is 4.59. The second-order valence-corrected chi connectivity index (χ2v) is 6.47. The van der Waals surface area contributed by atoms with Crippen molar-refractivity contribution in [2.45, 2.75) is 6.92 Å². The molecule has 0 spiro atoms. The van der Waals surface area contributed by atoms with Crippen LogP contribution in [0.25, 0.3) is 5.52 Å². The molecule has 0 saturated carbocycles. The first-order valence-electron chi connectivity index (χ1n) is 8.42. The molecule has 3 aromatic heterocycles. The van der Waals surface area contributed by atoms with Gasteiger partial charge in [-0.3, -0.25) is 0 Å². The third kappa shape index (κ3) is 2.95. The number of aromatic nitrogens is 5. The van der Waals surface area contributed by atoms with Gasteiger partial charge in [-0.15, -0.1) is 0 Å². The summed E-state index contributed by atoms with van der Waals surface area (Å²) in [7, 11) is 3.98. The number of piperazine rings is 1. The number of hydrogen-bond acceptors (Lipinski definition) is 7. The molecule has 8 heteroatoms. The fourth-order valence-corrected chi connectivity index (χ4v) is 3.18. The van der Waals surface area contributed by atoms with Crippen molar-refractivity contribution in [1.82, 2.24) is 24.6 Å². The molecule has 130 valence electrons. The predicted octanol–water partition coefficient (Wildman–Crippen LogP) is 1.22. The monoisotopic (exact) mass is 338 g/mol. The first kappa shape index (κ1) is 15.6. The molecular weight excluding hydrogens is 316 g/mol. The largest absolute Gasteiger partial charge is 0.363 e. The number of nitrogens with zero attached hydrogens (tertiary/aromatic N) is 8. The highest BCUT2D eigenvalue weighted by Gasteiger charge is 2.21. The van der Waals surface area contributed by atoms with E-state index in [0.29, 0.717) is 0 Å². The zero-order chi connectivity index (χ0) is 17.4. The Morgan fingerprint density at radius 3 is 2.48 bits per heavy atom. The molecule has 3 aromatic rings. The highest BCUT2D eigenvalue weighted by Crippen LogP contribution is 2.23. The van der Waals surface area contributed by atoms with E-state index < -0.39 is 0 Å². The minimum absolute atomic E-state index is 0.901. The predicted molar refractivity (Wildman–Crippen MR) is 98.5 cm³/mol. The van der Waals surface area contributed by atoms with Crippen molar-refractivity contribution < 1.29 is 0 Å². The molecule has 1 saturated heterocycles. The second-order valence-electron chi connectivity index (χ2n) is 6.47. The topological polar surface area (TPSA) is 65.7 Å². The van der Waals surface area contributed by atoms with Crippen molar-refractivity contribution >= 4 is 23.0 Å². The van der Waals surface area contributed by atoms with Gasteiger partial charge < -0.3 is 14.7 Å². The molecule has 0 aromatic carbocycles. The molecule has 0 amide bonds. The maximum atomic E-state index is 4.59. The third-order valence-corrected chi connectivity index (χ3v) is 4.49. The smallest absolute Gasteiger partial charge is 0.154 e. The average molecular weight is 338 g/mol. The van der Waals surface area contributed by atoms with Crippen molar-refractivity contribution in [3.05, 3.63) is 36.5 Å². The summed E-state index contributed by atoms with van der Waals surface area (Å²) < 4.78 is 1.90. The average Bonchev–Trinajstić information content (AvgIpc) is 3.02. The zero-order valence-electron chi connectivity index (χ0n) is 14.8. The van der Waals surface area contributed by atoms with E-state index in [1.54, 1.807) is 6.33 Å². The fraction of sp³-hybridized carbons (Fsp3) is 0.412. The molecule has 1 fully saturated rings. The Balaban J connectivity index is 1.52. The summed E-state index contributed by atoms with van der Waals surface area (Å²) in [4.78, 5) is 19.9. The van der Waals surface area contributed by atoms with E-state index in [4.69, 9.17) is 0 Å². The van der Waals surface area contributed by atoms with Gasteiger partial charge in [-0.25, -0.2) is 19.5 Å². The first-order valence-corrected chi connectivity index (χ1v) is 8.42. The molecule has 8 nitrogen and oxygen atoms in total. The lowest BCUT2D eigenvalue weighted by molar-refractivity contribution is 0.641. The van der Waals surface area contributed by atoms with E-state index in [9.17, 15) is 0 Å². The van der Waals surface area contributed by atoms with Gasteiger partial charge in [0.2, 0.25) is 0 Å². The van der Waals surface area contributed by atoms with Crippen LogP contribution in [0, 0.1) is 6.92 Å². The molecule has 1 aliphatic heterocycles. The summed E-state index contributed by atoms with van der Waals surface area (Å²) in [6, 6.07) is 4.12. The Hall–Kier alpha value is -2.90. The highest BCUT2D eigenvalue weighted by atomic mass is 15.3.